The first kappa shape index (κ1) is 8.92. The molecular weight excluding hydrogens is 116 g/mol. The highest BCUT2D eigenvalue weighted by Gasteiger charge is 1.97. The number of aliphatic hydroxyl groups excluding tert-OH is 1. The summed E-state index contributed by atoms with van der Waals surface area (Å²) in [6.07, 6.45) is 1.42. The monoisotopic (exact) mass is 132 g/mol. The fraction of sp³-hybridized carbons (Fsp3) is 1.00. The van der Waals surface area contributed by atoms with E-state index in [-0.39, 0.29) is 6.10 Å². The average molecular weight is 132 g/mol. The molecule has 0 aliphatic carbocycles. The summed E-state index contributed by atoms with van der Waals surface area (Å²) in [5, 5.41) is 9.00. The van der Waals surface area contributed by atoms with Gasteiger partial charge in [-0.2, -0.15) is 0 Å². The lowest BCUT2D eigenvalue weighted by Crippen LogP contribution is -2.08. The highest BCUT2D eigenvalue weighted by atomic mass is 16.5. The van der Waals surface area contributed by atoms with Crippen molar-refractivity contribution in [3.8, 4) is 0 Å². The van der Waals surface area contributed by atoms with Crippen LogP contribution in [0.3, 0.4) is 0 Å². The maximum atomic E-state index is 9.00. The van der Waals surface area contributed by atoms with Gasteiger partial charge in [-0.3, -0.25) is 0 Å². The molecule has 2 nitrogen and oxygen atoms in total. The first-order valence-electron chi connectivity index (χ1n) is 3.57. The molecule has 0 unspecified atom stereocenters. The second-order valence-corrected chi connectivity index (χ2v) is 2.05. The first-order chi connectivity index (χ1) is 4.31. The summed E-state index contributed by atoms with van der Waals surface area (Å²) < 4.78 is 5.05. The number of hydrogen-bond acceptors (Lipinski definition) is 2. The van der Waals surface area contributed by atoms with E-state index in [9.17, 15) is 0 Å². The quantitative estimate of drug-likeness (QED) is 0.569. The van der Waals surface area contributed by atoms with E-state index >= 15 is 0 Å². The molecule has 0 heterocycles. The smallest absolute Gasteiger partial charge is 0.0559 e. The van der Waals surface area contributed by atoms with Crippen molar-refractivity contribution < 1.29 is 9.84 Å². The maximum Gasteiger partial charge on any atom is 0.0559 e. The molecule has 0 fully saturated rings. The van der Waals surface area contributed by atoms with Gasteiger partial charge in [0.25, 0.3) is 0 Å². The van der Waals surface area contributed by atoms with E-state index < -0.39 is 0 Å². The summed E-state index contributed by atoms with van der Waals surface area (Å²) in [7, 11) is 0. The molecule has 0 aromatic rings. The van der Waals surface area contributed by atoms with Gasteiger partial charge in [0.2, 0.25) is 0 Å². The van der Waals surface area contributed by atoms with Crippen molar-refractivity contribution in [2.24, 2.45) is 0 Å². The van der Waals surface area contributed by atoms with Crippen LogP contribution in [0.1, 0.15) is 26.7 Å². The van der Waals surface area contributed by atoms with Gasteiger partial charge in [-0.1, -0.05) is 6.92 Å². The van der Waals surface area contributed by atoms with E-state index in [4.69, 9.17) is 9.84 Å². The zero-order valence-electron chi connectivity index (χ0n) is 6.26. The van der Waals surface area contributed by atoms with Crippen LogP contribution in [0.25, 0.3) is 0 Å². The van der Waals surface area contributed by atoms with Crippen LogP contribution in [-0.4, -0.2) is 24.4 Å². The van der Waals surface area contributed by atoms with Gasteiger partial charge in [-0.05, 0) is 19.8 Å². The summed E-state index contributed by atoms with van der Waals surface area (Å²) in [6.45, 7) is 5.36. The zero-order chi connectivity index (χ0) is 7.11. The van der Waals surface area contributed by atoms with Crippen LogP contribution in [0.4, 0.5) is 0 Å². The zero-order valence-corrected chi connectivity index (χ0v) is 6.26. The van der Waals surface area contributed by atoms with Crippen molar-refractivity contribution in [1.29, 1.82) is 0 Å². The Bertz CT molecular complexity index is 54.9. The van der Waals surface area contributed by atoms with Crippen LogP contribution in [0, 0.1) is 0 Å². The predicted molar refractivity (Wildman–Crippen MR) is 37.4 cm³/mol. The number of hydrogen-bond donors (Lipinski definition) is 1. The number of ether oxygens (including phenoxy) is 1. The molecule has 0 aromatic carbocycles. The Balaban J connectivity index is 2.88. The van der Waals surface area contributed by atoms with Gasteiger partial charge >= 0.3 is 0 Å². The topological polar surface area (TPSA) is 29.5 Å². The second kappa shape index (κ2) is 6.05. The Hall–Kier alpha value is -0.0800. The van der Waals surface area contributed by atoms with Crippen molar-refractivity contribution in [2.75, 3.05) is 13.2 Å². The van der Waals surface area contributed by atoms with Crippen molar-refractivity contribution in [3.05, 3.63) is 0 Å². The highest BCUT2D eigenvalue weighted by Crippen LogP contribution is 1.95. The van der Waals surface area contributed by atoms with Gasteiger partial charge in [0.05, 0.1) is 6.10 Å². The Morgan fingerprint density at radius 3 is 2.56 bits per heavy atom. The standard InChI is InChI=1S/C7H16O2/c1-3-7(8)5-6-9-4-2/h7-8H,3-6H2,1-2H3/t7-/m0/s1. The van der Waals surface area contributed by atoms with E-state index in [0.717, 1.165) is 19.4 Å². The molecule has 0 aliphatic heterocycles. The van der Waals surface area contributed by atoms with E-state index in [1.54, 1.807) is 0 Å². The lowest BCUT2D eigenvalue weighted by atomic mass is 10.2. The Morgan fingerprint density at radius 1 is 1.44 bits per heavy atom. The number of rotatable bonds is 5. The van der Waals surface area contributed by atoms with E-state index in [1.807, 2.05) is 13.8 Å². The minimum atomic E-state index is -0.170. The summed E-state index contributed by atoms with van der Waals surface area (Å²) >= 11 is 0. The van der Waals surface area contributed by atoms with Crippen LogP contribution in [0.5, 0.6) is 0 Å². The molecule has 1 N–H and O–H groups in total. The van der Waals surface area contributed by atoms with Crippen LogP contribution in [-0.2, 0) is 4.74 Å². The van der Waals surface area contributed by atoms with Crippen molar-refractivity contribution in [2.45, 2.75) is 32.8 Å². The fourth-order valence-corrected chi connectivity index (χ4v) is 0.568. The van der Waals surface area contributed by atoms with Crippen LogP contribution in [0.15, 0.2) is 0 Å². The average Bonchev–Trinajstić information content (AvgIpc) is 1.89. The fourth-order valence-electron chi connectivity index (χ4n) is 0.568. The summed E-state index contributed by atoms with van der Waals surface area (Å²) in [5.41, 5.74) is 0. The van der Waals surface area contributed by atoms with Gasteiger partial charge in [0.15, 0.2) is 0 Å². The lowest BCUT2D eigenvalue weighted by molar-refractivity contribution is 0.0868. The molecule has 56 valence electrons. The normalized spacial score (nSPS) is 13.7. The molecule has 0 radical (unpaired) electrons. The summed E-state index contributed by atoms with van der Waals surface area (Å²) in [6, 6.07) is 0. The first-order valence-corrected chi connectivity index (χ1v) is 3.57. The lowest BCUT2D eigenvalue weighted by Gasteiger charge is -2.05. The van der Waals surface area contributed by atoms with Crippen molar-refractivity contribution >= 4 is 0 Å². The molecule has 0 aromatic heterocycles. The minimum absolute atomic E-state index is 0.170. The summed E-state index contributed by atoms with van der Waals surface area (Å²) in [4.78, 5) is 0. The molecule has 0 amide bonds. The third kappa shape index (κ3) is 5.80. The van der Waals surface area contributed by atoms with Crippen LogP contribution < -0.4 is 0 Å². The predicted octanol–water partition coefficient (Wildman–Crippen LogP) is 1.18. The molecular formula is C7H16O2. The Labute approximate surface area is 56.8 Å². The second-order valence-electron chi connectivity index (χ2n) is 2.05. The maximum absolute atomic E-state index is 9.00. The molecule has 9 heavy (non-hydrogen) atoms. The Kier molecular flexibility index (Phi) is 5.99. The van der Waals surface area contributed by atoms with Gasteiger partial charge in [-0.25, -0.2) is 0 Å². The van der Waals surface area contributed by atoms with Crippen LogP contribution in [0.2, 0.25) is 0 Å². The van der Waals surface area contributed by atoms with E-state index in [2.05, 4.69) is 0 Å². The van der Waals surface area contributed by atoms with E-state index in [0.29, 0.717) is 6.61 Å². The molecule has 0 bridgehead atoms. The van der Waals surface area contributed by atoms with Gasteiger partial charge < -0.3 is 9.84 Å². The van der Waals surface area contributed by atoms with Gasteiger partial charge in [-0.15, -0.1) is 0 Å². The number of aliphatic hydroxyl groups is 1. The van der Waals surface area contributed by atoms with Crippen molar-refractivity contribution in [1.82, 2.24) is 0 Å². The highest BCUT2D eigenvalue weighted by molar-refractivity contribution is 4.49. The largest absolute Gasteiger partial charge is 0.393 e. The molecule has 0 saturated heterocycles. The van der Waals surface area contributed by atoms with Gasteiger partial charge in [0.1, 0.15) is 0 Å². The third-order valence-electron chi connectivity index (χ3n) is 1.27. The van der Waals surface area contributed by atoms with Crippen LogP contribution >= 0.6 is 0 Å². The minimum Gasteiger partial charge on any atom is -0.393 e. The molecule has 0 saturated carbocycles. The molecule has 2 heteroatoms. The van der Waals surface area contributed by atoms with Gasteiger partial charge in [0, 0.05) is 13.2 Å². The molecule has 0 spiro atoms. The van der Waals surface area contributed by atoms with Crippen molar-refractivity contribution in [3.63, 3.8) is 0 Å². The summed E-state index contributed by atoms with van der Waals surface area (Å²) in [5.74, 6) is 0. The van der Waals surface area contributed by atoms with E-state index in [1.165, 1.54) is 0 Å². The third-order valence-corrected chi connectivity index (χ3v) is 1.27. The molecule has 0 aliphatic rings. The molecule has 1 atom stereocenters. The Morgan fingerprint density at radius 2 is 2.11 bits per heavy atom. The SMILES string of the molecule is CCOCC[C@@H](O)CC. The molecule has 0 rings (SSSR count).